The van der Waals surface area contributed by atoms with Gasteiger partial charge < -0.3 is 10.8 Å². The Morgan fingerprint density at radius 3 is 1.68 bits per heavy atom. The molecule has 8 rings (SSSR count). The average Bonchev–Trinajstić information content (AvgIpc) is 3.57. The fraction of sp³-hybridized carbons (Fsp3) is 1.00. The number of fused-ring (bicyclic) bond motifs is 10. The molecule has 0 bridgehead atoms. The Morgan fingerprint density at radius 1 is 0.638 bits per heavy atom. The minimum absolute atomic E-state index is 0. The third-order valence-electron chi connectivity index (χ3n) is 18.3. The summed E-state index contributed by atoms with van der Waals surface area (Å²) in [6, 6.07) is 0.729. The molecule has 8 aliphatic carbocycles. The van der Waals surface area contributed by atoms with Crippen LogP contribution >= 0.6 is 0 Å². The first-order valence-corrected chi connectivity index (χ1v) is 20.1. The normalized spacial score (nSPS) is 54.2. The second-order valence-electron chi connectivity index (χ2n) is 19.4. The maximum Gasteiger partial charge on any atom is 0.291 e. The van der Waals surface area contributed by atoms with Crippen LogP contribution in [0.3, 0.4) is 0 Å². The van der Waals surface area contributed by atoms with Gasteiger partial charge in [-0.15, -0.1) is 0 Å². The van der Waals surface area contributed by atoms with Crippen LogP contribution < -0.4 is 5.73 Å². The van der Waals surface area contributed by atoms with Gasteiger partial charge in [0, 0.05) is 17.0 Å². The van der Waals surface area contributed by atoms with Gasteiger partial charge in [0.05, 0.1) is 0 Å². The Balaban J connectivity index is 0.000000161. The van der Waals surface area contributed by atoms with Gasteiger partial charge in [-0.2, -0.15) is 0 Å². The highest BCUT2D eigenvalue weighted by Crippen LogP contribution is 2.70. The molecule has 0 saturated heterocycles. The van der Waals surface area contributed by atoms with Crippen LogP contribution in [0.1, 0.15) is 151 Å². The first-order valence-electron chi connectivity index (χ1n) is 20.1. The molecule has 16 atom stereocenters. The number of azide groups is 1. The number of hydrogen-bond donors (Lipinski definition) is 2. The molecule has 0 aromatic rings. The van der Waals surface area contributed by atoms with Gasteiger partial charge in [0.2, 0.25) is 0 Å². The highest BCUT2D eigenvalue weighted by molar-refractivity contribution is 6.36. The van der Waals surface area contributed by atoms with E-state index in [-0.39, 0.29) is 13.5 Å². The zero-order valence-corrected chi connectivity index (χ0v) is 30.2. The van der Waals surface area contributed by atoms with Crippen molar-refractivity contribution in [3.8, 4) is 0 Å². The zero-order chi connectivity index (χ0) is 32.5. The molecule has 0 aromatic heterocycles. The van der Waals surface area contributed by atoms with Crippen LogP contribution in [-0.4, -0.2) is 31.9 Å². The Kier molecular flexibility index (Phi) is 10.4. The molecule has 0 amide bonds. The SMILES string of the molecule is C.CC12CCC3C(CCC4CC(N)CCC43C)C1CCC2[B]O.C[B]C1CCC2C3CCC4CC(N=[N+]=[N-])CCC4(C)C3CCC12C. The van der Waals surface area contributed by atoms with E-state index < -0.39 is 0 Å². The average molecular weight is 645 g/mol. The van der Waals surface area contributed by atoms with E-state index in [4.69, 9.17) is 11.3 Å². The summed E-state index contributed by atoms with van der Waals surface area (Å²) in [6.07, 6.45) is 24.1. The summed E-state index contributed by atoms with van der Waals surface area (Å²) in [7, 11) is 4.05. The Bertz CT molecular complexity index is 1170. The Hall–Kier alpha value is -0.640. The van der Waals surface area contributed by atoms with Gasteiger partial charge in [-0.25, -0.2) is 0 Å². The molecule has 8 fully saturated rings. The molecule has 7 heteroatoms. The van der Waals surface area contributed by atoms with Crippen molar-refractivity contribution in [1.29, 1.82) is 0 Å². The van der Waals surface area contributed by atoms with Crippen molar-refractivity contribution < 1.29 is 5.02 Å². The van der Waals surface area contributed by atoms with E-state index in [0.717, 1.165) is 66.0 Å². The molecule has 0 aromatic carbocycles. The largest absolute Gasteiger partial charge is 0.454 e. The lowest BCUT2D eigenvalue weighted by molar-refractivity contribution is -0.105. The topological polar surface area (TPSA) is 95.0 Å². The van der Waals surface area contributed by atoms with Crippen molar-refractivity contribution in [2.75, 3.05) is 0 Å². The first kappa shape index (κ1) is 36.2. The van der Waals surface area contributed by atoms with Crippen molar-refractivity contribution in [2.45, 2.75) is 181 Å². The van der Waals surface area contributed by atoms with Crippen LogP contribution in [0, 0.1) is 69.0 Å². The van der Waals surface area contributed by atoms with Gasteiger partial charge >= 0.3 is 0 Å². The van der Waals surface area contributed by atoms with Crippen LogP contribution in [0.5, 0.6) is 0 Å². The molecule has 16 unspecified atom stereocenters. The lowest BCUT2D eigenvalue weighted by atomic mass is 9.42. The summed E-state index contributed by atoms with van der Waals surface area (Å²) in [5.41, 5.74) is 17.1. The number of hydrogen-bond acceptors (Lipinski definition) is 3. The Labute approximate surface area is 290 Å². The molecular weight excluding hydrogens is 574 g/mol. The highest BCUT2D eigenvalue weighted by Gasteiger charge is 2.61. The smallest absolute Gasteiger partial charge is 0.291 e. The van der Waals surface area contributed by atoms with Crippen LogP contribution in [0.15, 0.2) is 5.11 Å². The predicted molar refractivity (Wildman–Crippen MR) is 198 cm³/mol. The molecule has 47 heavy (non-hydrogen) atoms. The van der Waals surface area contributed by atoms with Crippen molar-refractivity contribution in [3.63, 3.8) is 0 Å². The highest BCUT2D eigenvalue weighted by atomic mass is 16.2. The molecule has 8 aliphatic rings. The van der Waals surface area contributed by atoms with E-state index in [9.17, 15) is 5.02 Å². The molecule has 5 nitrogen and oxygen atoms in total. The standard InChI is InChI=1S/C20H33BN3.C19H33BNO.CH4/c1-19-10-8-14(23-24-22)12-13(19)4-5-15-16-6-7-18(21-3)20(16,2)11-9-17(15)19;1-18-9-7-13(21)11-12(18)3-4-14-15-5-6-17(20-22)19(15,2)10-8-16(14)18;/h13-18H,4-12H2,1-3H3;12-17,22H,3-11,21H2,1-2H3;1H4. The van der Waals surface area contributed by atoms with E-state index in [2.05, 4.69) is 51.8 Å². The minimum Gasteiger partial charge on any atom is -0.454 e. The van der Waals surface area contributed by atoms with Gasteiger partial charge in [-0.05, 0) is 177 Å². The molecular formula is C40H70B2N4O. The van der Waals surface area contributed by atoms with Crippen LogP contribution in [-0.2, 0) is 0 Å². The van der Waals surface area contributed by atoms with E-state index >= 15 is 0 Å². The van der Waals surface area contributed by atoms with E-state index in [1.807, 2.05) is 0 Å². The maximum atomic E-state index is 9.69. The molecule has 0 aliphatic heterocycles. The number of nitrogens with two attached hydrogens (primary N) is 1. The first-order chi connectivity index (χ1) is 22.0. The second-order valence-corrected chi connectivity index (χ2v) is 19.4. The van der Waals surface area contributed by atoms with E-state index in [1.165, 1.54) is 110 Å². The molecule has 0 heterocycles. The summed E-state index contributed by atoms with van der Waals surface area (Å²) >= 11 is 0. The van der Waals surface area contributed by atoms with Crippen LogP contribution in [0.2, 0.25) is 18.5 Å². The van der Waals surface area contributed by atoms with Gasteiger partial charge in [0.15, 0.2) is 0 Å². The zero-order valence-electron chi connectivity index (χ0n) is 30.2. The molecule has 3 N–H and O–H groups in total. The summed E-state index contributed by atoms with van der Waals surface area (Å²) < 4.78 is 0. The fourth-order valence-electron chi connectivity index (χ4n) is 15.6. The van der Waals surface area contributed by atoms with E-state index in [0.29, 0.717) is 33.5 Å². The molecule has 262 valence electrons. The van der Waals surface area contributed by atoms with Gasteiger partial charge in [0.1, 0.15) is 7.28 Å². The van der Waals surface area contributed by atoms with Gasteiger partial charge in [0.25, 0.3) is 7.48 Å². The van der Waals surface area contributed by atoms with Gasteiger partial charge in [-0.1, -0.05) is 72.1 Å². The Morgan fingerprint density at radius 2 is 1.13 bits per heavy atom. The minimum atomic E-state index is 0. The quantitative estimate of drug-likeness (QED) is 0.138. The lowest BCUT2D eigenvalue weighted by Gasteiger charge is -2.61. The number of rotatable bonds is 3. The third-order valence-corrected chi connectivity index (χ3v) is 18.3. The molecule has 8 saturated carbocycles. The predicted octanol–water partition coefficient (Wildman–Crippen LogP) is 10.6. The van der Waals surface area contributed by atoms with Crippen LogP contribution in [0.25, 0.3) is 10.4 Å². The number of nitrogens with zero attached hydrogens (tertiary/aromatic N) is 3. The van der Waals surface area contributed by atoms with Crippen molar-refractivity contribution >= 4 is 14.8 Å². The van der Waals surface area contributed by atoms with Crippen molar-refractivity contribution in [2.24, 2.45) is 79.9 Å². The fourth-order valence-corrected chi connectivity index (χ4v) is 15.6. The van der Waals surface area contributed by atoms with Crippen molar-refractivity contribution in [1.82, 2.24) is 0 Å². The summed E-state index contributed by atoms with van der Waals surface area (Å²) in [6.45, 7) is 12.6. The summed E-state index contributed by atoms with van der Waals surface area (Å²) in [5.74, 6) is 8.53. The van der Waals surface area contributed by atoms with Gasteiger partial charge in [-0.3, -0.25) is 0 Å². The molecule has 2 radical (unpaired) electrons. The monoisotopic (exact) mass is 645 g/mol. The third kappa shape index (κ3) is 5.70. The lowest BCUT2D eigenvalue weighted by Crippen LogP contribution is -2.54. The van der Waals surface area contributed by atoms with E-state index in [1.54, 1.807) is 0 Å². The second kappa shape index (κ2) is 13.5. The molecule has 0 spiro atoms. The summed E-state index contributed by atoms with van der Waals surface area (Å²) in [4.78, 5) is 3.09. The summed E-state index contributed by atoms with van der Waals surface area (Å²) in [5, 5.41) is 13.8. The maximum absolute atomic E-state index is 9.69. The van der Waals surface area contributed by atoms with Crippen molar-refractivity contribution in [3.05, 3.63) is 10.4 Å². The van der Waals surface area contributed by atoms with Crippen LogP contribution in [0.4, 0.5) is 0 Å².